The van der Waals surface area contributed by atoms with Crippen LogP contribution in [0, 0.1) is 0 Å². The molecular weight excluding hydrogens is 695 g/mol. The average Bonchev–Trinajstić information content (AvgIpc) is 3.70. The molecule has 0 aliphatic heterocycles. The summed E-state index contributed by atoms with van der Waals surface area (Å²) in [6.07, 6.45) is 2.10. The maximum absolute atomic E-state index is 5.11. The third-order valence-corrected chi connectivity index (χ3v) is 10.8. The minimum absolute atomic E-state index is 0.622. The van der Waals surface area contributed by atoms with Crippen molar-refractivity contribution in [1.82, 2.24) is 24.3 Å². The first-order valence-corrected chi connectivity index (χ1v) is 19.1. The summed E-state index contributed by atoms with van der Waals surface area (Å²) in [7, 11) is 0. The molecule has 0 amide bonds. The number of pyridine rings is 1. The largest absolute Gasteiger partial charge is 0.299 e. The monoisotopic (exact) mass is 727 g/mol. The summed E-state index contributed by atoms with van der Waals surface area (Å²) in [6.45, 7) is 0. The van der Waals surface area contributed by atoms with E-state index in [4.69, 9.17) is 19.9 Å². The van der Waals surface area contributed by atoms with Crippen molar-refractivity contribution in [3.8, 4) is 67.5 Å². The Labute approximate surface area is 329 Å². The molecule has 0 aliphatic carbocycles. The van der Waals surface area contributed by atoms with Gasteiger partial charge in [-0.25, -0.2) is 19.9 Å². The molecule has 3 heterocycles. The molecule has 11 rings (SSSR count). The molecule has 0 spiro atoms. The predicted molar refractivity (Wildman–Crippen MR) is 234 cm³/mol. The van der Waals surface area contributed by atoms with Gasteiger partial charge < -0.3 is 0 Å². The van der Waals surface area contributed by atoms with Crippen molar-refractivity contribution in [2.24, 2.45) is 0 Å². The van der Waals surface area contributed by atoms with Crippen LogP contribution in [-0.2, 0) is 0 Å². The van der Waals surface area contributed by atoms with Crippen molar-refractivity contribution < 1.29 is 0 Å². The Kier molecular flexibility index (Phi) is 7.74. The maximum atomic E-state index is 5.11. The quantitative estimate of drug-likeness (QED) is 0.160. The van der Waals surface area contributed by atoms with Crippen LogP contribution in [0.4, 0.5) is 0 Å². The van der Waals surface area contributed by atoms with E-state index in [1.807, 2.05) is 18.2 Å². The molecule has 0 radical (unpaired) electrons. The predicted octanol–water partition coefficient (Wildman–Crippen LogP) is 13.0. The summed E-state index contributed by atoms with van der Waals surface area (Å²) in [5.74, 6) is 1.88. The number of hydrogen-bond acceptors (Lipinski definition) is 4. The Morgan fingerprint density at radius 1 is 0.281 bits per heavy atom. The molecule has 57 heavy (non-hydrogen) atoms. The number of rotatable bonds is 6. The molecule has 0 bridgehead atoms. The molecule has 0 unspecified atom stereocenters. The zero-order valence-electron chi connectivity index (χ0n) is 30.8. The fourth-order valence-corrected chi connectivity index (χ4v) is 8.03. The first kappa shape index (κ1) is 32.7. The van der Waals surface area contributed by atoms with Crippen LogP contribution >= 0.6 is 0 Å². The Bertz CT molecular complexity index is 3180. The molecule has 11 aromatic rings. The van der Waals surface area contributed by atoms with Crippen LogP contribution in [0.3, 0.4) is 0 Å². The first-order chi connectivity index (χ1) is 28.2. The third-order valence-electron chi connectivity index (χ3n) is 10.8. The summed E-state index contributed by atoms with van der Waals surface area (Å²) >= 11 is 0. The second kappa shape index (κ2) is 13.5. The number of nitrogens with zero attached hydrogens (tertiary/aromatic N) is 5. The molecule has 0 atom stereocenters. The van der Waals surface area contributed by atoms with E-state index in [0.717, 1.165) is 72.1 Å². The zero-order valence-corrected chi connectivity index (χ0v) is 30.8. The molecule has 0 aliphatic rings. The number of hydrogen-bond donors (Lipinski definition) is 0. The van der Waals surface area contributed by atoms with Crippen molar-refractivity contribution in [3.63, 3.8) is 0 Å². The smallest absolute Gasteiger partial charge is 0.164 e. The van der Waals surface area contributed by atoms with E-state index in [-0.39, 0.29) is 0 Å². The Morgan fingerprint density at radius 2 is 0.754 bits per heavy atom. The second-order valence-electron chi connectivity index (χ2n) is 14.3. The molecule has 266 valence electrons. The molecule has 0 saturated carbocycles. The first-order valence-electron chi connectivity index (χ1n) is 19.1. The highest BCUT2D eigenvalue weighted by atomic mass is 15.0. The minimum atomic E-state index is 0.622. The van der Waals surface area contributed by atoms with Crippen molar-refractivity contribution in [1.29, 1.82) is 0 Å². The highest BCUT2D eigenvalue weighted by molar-refractivity contribution is 6.24. The van der Waals surface area contributed by atoms with Gasteiger partial charge in [-0.2, -0.15) is 0 Å². The van der Waals surface area contributed by atoms with Crippen molar-refractivity contribution in [3.05, 3.63) is 200 Å². The zero-order chi connectivity index (χ0) is 37.7. The highest BCUT2D eigenvalue weighted by Crippen LogP contribution is 2.38. The van der Waals surface area contributed by atoms with Crippen LogP contribution < -0.4 is 0 Å². The van der Waals surface area contributed by atoms with E-state index in [1.165, 1.54) is 16.2 Å². The van der Waals surface area contributed by atoms with Gasteiger partial charge in [0.15, 0.2) is 17.5 Å². The van der Waals surface area contributed by atoms with Crippen LogP contribution in [0.5, 0.6) is 0 Å². The lowest BCUT2D eigenvalue weighted by Crippen LogP contribution is -2.00. The Hall–Kier alpha value is -7.76. The van der Waals surface area contributed by atoms with Crippen LogP contribution in [-0.4, -0.2) is 24.3 Å². The van der Waals surface area contributed by atoms with Gasteiger partial charge in [-0.05, 0) is 74.5 Å². The van der Waals surface area contributed by atoms with Crippen LogP contribution in [0.25, 0.3) is 106 Å². The normalized spacial score (nSPS) is 11.5. The van der Waals surface area contributed by atoms with Gasteiger partial charge in [0.05, 0.1) is 11.0 Å². The number of benzene rings is 8. The van der Waals surface area contributed by atoms with Crippen LogP contribution in [0.2, 0.25) is 0 Å². The molecule has 3 aromatic heterocycles. The van der Waals surface area contributed by atoms with Crippen molar-refractivity contribution in [2.45, 2.75) is 0 Å². The number of imidazole rings is 1. The molecular formula is C52H33N5. The topological polar surface area (TPSA) is 56.0 Å². The summed E-state index contributed by atoms with van der Waals surface area (Å²) in [5.41, 5.74) is 12.6. The van der Waals surface area contributed by atoms with E-state index in [9.17, 15) is 0 Å². The van der Waals surface area contributed by atoms with Crippen molar-refractivity contribution in [2.75, 3.05) is 0 Å². The lowest BCUT2D eigenvalue weighted by atomic mass is 9.95. The average molecular weight is 728 g/mol. The lowest BCUT2D eigenvalue weighted by molar-refractivity contribution is 1.07. The second-order valence-corrected chi connectivity index (χ2v) is 14.3. The number of aromatic nitrogens is 5. The fraction of sp³-hybridized carbons (Fsp3) is 0. The fourth-order valence-electron chi connectivity index (χ4n) is 8.03. The summed E-state index contributed by atoms with van der Waals surface area (Å²) in [4.78, 5) is 20.4. The van der Waals surface area contributed by atoms with E-state index >= 15 is 0 Å². The standard InChI is InChI=1S/C52H33N5/c1-3-13-34(14-4-1)38-17-11-19-41(31-38)51-54-50(55-52(56-51)42-20-12-18-39(32-42)35-15-5-2-6-16-35)37-26-24-36(25-27-37)40-28-29-45-46(33-40)43-21-7-8-22-44(43)48-49(45)57-30-10-9-23-47(57)53-48/h1-33H. The van der Waals surface area contributed by atoms with Gasteiger partial charge in [-0.1, -0.05) is 164 Å². The Balaban J connectivity index is 1.02. The minimum Gasteiger partial charge on any atom is -0.299 e. The molecule has 0 fully saturated rings. The molecule has 5 nitrogen and oxygen atoms in total. The van der Waals surface area contributed by atoms with Gasteiger partial charge in [0.25, 0.3) is 0 Å². The molecule has 8 aromatic carbocycles. The van der Waals surface area contributed by atoms with Gasteiger partial charge in [-0.15, -0.1) is 0 Å². The molecule has 0 N–H and O–H groups in total. The van der Waals surface area contributed by atoms with E-state index in [1.54, 1.807) is 0 Å². The summed E-state index contributed by atoms with van der Waals surface area (Å²) in [6, 6.07) is 67.8. The lowest BCUT2D eigenvalue weighted by Gasteiger charge is -2.12. The maximum Gasteiger partial charge on any atom is 0.164 e. The van der Waals surface area contributed by atoms with E-state index in [0.29, 0.717) is 17.5 Å². The van der Waals surface area contributed by atoms with Crippen LogP contribution in [0.1, 0.15) is 0 Å². The van der Waals surface area contributed by atoms with E-state index in [2.05, 4.69) is 187 Å². The van der Waals surface area contributed by atoms with Crippen molar-refractivity contribution >= 4 is 38.2 Å². The summed E-state index contributed by atoms with van der Waals surface area (Å²) < 4.78 is 2.20. The molecule has 5 heteroatoms. The Morgan fingerprint density at radius 3 is 1.40 bits per heavy atom. The molecule has 0 saturated heterocycles. The van der Waals surface area contributed by atoms with Crippen LogP contribution in [0.15, 0.2) is 200 Å². The van der Waals surface area contributed by atoms with Gasteiger partial charge in [0.2, 0.25) is 0 Å². The highest BCUT2D eigenvalue weighted by Gasteiger charge is 2.17. The van der Waals surface area contributed by atoms with E-state index < -0.39 is 0 Å². The van der Waals surface area contributed by atoms with Gasteiger partial charge in [-0.3, -0.25) is 4.40 Å². The SMILES string of the molecule is c1ccc(-c2cccc(-c3nc(-c4ccc(-c5ccc6c(c5)c5ccccc5c5nc7ccccn7c65)cc4)nc(-c4cccc(-c5ccccc5)c4)n3)c2)cc1. The van der Waals surface area contributed by atoms with Gasteiger partial charge in [0.1, 0.15) is 5.65 Å². The number of fused-ring (bicyclic) bond motifs is 8. The third kappa shape index (κ3) is 5.81. The van der Waals surface area contributed by atoms with Gasteiger partial charge >= 0.3 is 0 Å². The summed E-state index contributed by atoms with van der Waals surface area (Å²) in [5, 5.41) is 4.73. The van der Waals surface area contributed by atoms with Gasteiger partial charge in [0, 0.05) is 33.7 Å².